The van der Waals surface area contributed by atoms with Crippen molar-refractivity contribution in [3.8, 4) is 5.75 Å². The van der Waals surface area contributed by atoms with Crippen LogP contribution in [0.5, 0.6) is 5.75 Å². The maximum atomic E-state index is 10.4. The number of phenolic OH excluding ortho intramolecular Hbond substituents is 1. The van der Waals surface area contributed by atoms with Crippen LogP contribution in [0.25, 0.3) is 0 Å². The first-order chi connectivity index (χ1) is 7.10. The number of benzene rings is 1. The second-order valence-electron chi connectivity index (χ2n) is 2.56. The monoisotopic (exact) mass is 247 g/mol. The van der Waals surface area contributed by atoms with E-state index >= 15 is 0 Å². The van der Waals surface area contributed by atoms with E-state index in [4.69, 9.17) is 23.2 Å². The number of ether oxygens (including phenoxy) is 1. The third-order valence-corrected chi connectivity index (χ3v) is 2.22. The van der Waals surface area contributed by atoms with Gasteiger partial charge in [-0.3, -0.25) is 9.59 Å². The van der Waals surface area contributed by atoms with Crippen molar-refractivity contribution in [1.82, 2.24) is 0 Å². The smallest absolute Gasteiger partial charge is 0.294 e. The molecule has 1 rings (SSSR count). The molecule has 0 saturated carbocycles. The fourth-order valence-electron chi connectivity index (χ4n) is 0.966. The molecule has 0 fully saturated rings. The maximum absolute atomic E-state index is 10.4. The van der Waals surface area contributed by atoms with Crippen molar-refractivity contribution in [2.75, 3.05) is 0 Å². The molecule has 1 unspecified atom stereocenters. The van der Waals surface area contributed by atoms with Crippen molar-refractivity contribution in [3.63, 3.8) is 0 Å². The maximum Gasteiger partial charge on any atom is 0.294 e. The van der Waals surface area contributed by atoms with Gasteiger partial charge in [0.1, 0.15) is 0 Å². The summed E-state index contributed by atoms with van der Waals surface area (Å²) in [5, 5.41) is 9.17. The quantitative estimate of drug-likeness (QED) is 0.828. The second kappa shape index (κ2) is 5.00. The highest BCUT2D eigenvalue weighted by Gasteiger charge is 2.16. The van der Waals surface area contributed by atoms with Gasteiger partial charge in [-0.05, 0) is 12.1 Å². The summed E-state index contributed by atoms with van der Waals surface area (Å²) in [7, 11) is 0. The molecule has 0 aliphatic carbocycles. The standard InChI is InChI=1S/C9H5Cl2O4/c10-6-1-5(2-7(11)9(6)14)8(3-12)15-4-13/h1-2,4,8,14H. The molecule has 79 valence electrons. The number of carbonyl (C=O) groups is 1. The molecule has 1 aromatic rings. The Morgan fingerprint density at radius 2 is 1.93 bits per heavy atom. The van der Waals surface area contributed by atoms with Crippen LogP contribution in [-0.4, -0.2) is 17.9 Å². The van der Waals surface area contributed by atoms with Crippen LogP contribution in [-0.2, 0) is 14.3 Å². The fourth-order valence-corrected chi connectivity index (χ4v) is 1.47. The number of rotatable bonds is 4. The first-order valence-corrected chi connectivity index (χ1v) is 4.50. The Kier molecular flexibility index (Phi) is 3.94. The van der Waals surface area contributed by atoms with Crippen molar-refractivity contribution < 1.29 is 19.4 Å². The molecule has 6 heteroatoms. The predicted molar refractivity (Wildman–Crippen MR) is 53.7 cm³/mol. The van der Waals surface area contributed by atoms with Crippen molar-refractivity contribution in [3.05, 3.63) is 27.7 Å². The average Bonchev–Trinajstić information content (AvgIpc) is 2.22. The van der Waals surface area contributed by atoms with Gasteiger partial charge < -0.3 is 9.84 Å². The lowest BCUT2D eigenvalue weighted by atomic mass is 10.1. The minimum atomic E-state index is -1.20. The van der Waals surface area contributed by atoms with Gasteiger partial charge >= 0.3 is 0 Å². The van der Waals surface area contributed by atoms with Crippen LogP contribution >= 0.6 is 23.2 Å². The highest BCUT2D eigenvalue weighted by Crippen LogP contribution is 2.34. The van der Waals surface area contributed by atoms with E-state index in [-0.39, 0.29) is 27.8 Å². The Balaban J connectivity index is 3.13. The molecule has 0 spiro atoms. The van der Waals surface area contributed by atoms with Gasteiger partial charge in [-0.15, -0.1) is 0 Å². The van der Waals surface area contributed by atoms with Crippen LogP contribution in [0.3, 0.4) is 0 Å². The molecule has 0 aromatic heterocycles. The predicted octanol–water partition coefficient (Wildman–Crippen LogP) is 2.02. The first-order valence-electron chi connectivity index (χ1n) is 3.74. The normalized spacial score (nSPS) is 11.9. The number of hydrogen-bond donors (Lipinski definition) is 1. The van der Waals surface area contributed by atoms with E-state index in [0.29, 0.717) is 0 Å². The van der Waals surface area contributed by atoms with Crippen LogP contribution in [0.2, 0.25) is 10.0 Å². The van der Waals surface area contributed by atoms with Gasteiger partial charge in [0, 0.05) is 5.56 Å². The summed E-state index contributed by atoms with van der Waals surface area (Å²) in [6.45, 7) is 0.115. The molecule has 0 aliphatic rings. The molecular formula is C9H5Cl2O4. The number of carbonyl (C=O) groups excluding carboxylic acids is 2. The summed E-state index contributed by atoms with van der Waals surface area (Å²) in [5.74, 6) is -0.294. The van der Waals surface area contributed by atoms with E-state index < -0.39 is 6.10 Å². The molecule has 4 nitrogen and oxygen atoms in total. The molecule has 0 heterocycles. The van der Waals surface area contributed by atoms with Gasteiger partial charge in [0.05, 0.1) is 10.0 Å². The zero-order valence-electron chi connectivity index (χ0n) is 7.24. The van der Waals surface area contributed by atoms with E-state index in [0.717, 1.165) is 0 Å². The van der Waals surface area contributed by atoms with Crippen LogP contribution in [0, 0.1) is 0 Å². The summed E-state index contributed by atoms with van der Waals surface area (Å²) in [6, 6.07) is 2.53. The van der Waals surface area contributed by atoms with Crippen LogP contribution in [0.1, 0.15) is 11.7 Å². The van der Waals surface area contributed by atoms with Crippen LogP contribution < -0.4 is 0 Å². The van der Waals surface area contributed by atoms with Gasteiger partial charge in [-0.2, -0.15) is 0 Å². The lowest BCUT2D eigenvalue weighted by molar-refractivity contribution is -0.131. The molecule has 0 amide bonds. The molecule has 0 bridgehead atoms. The molecule has 1 N–H and O–H groups in total. The van der Waals surface area contributed by atoms with E-state index in [1.54, 1.807) is 0 Å². The Morgan fingerprint density at radius 3 is 2.33 bits per heavy atom. The van der Waals surface area contributed by atoms with Crippen molar-refractivity contribution in [2.45, 2.75) is 6.10 Å². The van der Waals surface area contributed by atoms with Gasteiger partial charge in [0.2, 0.25) is 6.29 Å². The molecule has 1 atom stereocenters. The zero-order valence-corrected chi connectivity index (χ0v) is 8.75. The van der Waals surface area contributed by atoms with E-state index in [1.165, 1.54) is 18.4 Å². The van der Waals surface area contributed by atoms with Crippen molar-refractivity contribution in [1.29, 1.82) is 0 Å². The zero-order chi connectivity index (χ0) is 11.4. The van der Waals surface area contributed by atoms with E-state index in [2.05, 4.69) is 4.74 Å². The minimum absolute atomic E-state index is 0.0350. The largest absolute Gasteiger partial charge is 0.505 e. The van der Waals surface area contributed by atoms with E-state index in [1.807, 2.05) is 0 Å². The number of phenols is 1. The lowest BCUT2D eigenvalue weighted by Gasteiger charge is -2.09. The SMILES string of the molecule is O=[C]C(OC=O)c1cc(Cl)c(O)c(Cl)c1. The Hall–Kier alpha value is -1.26. The topological polar surface area (TPSA) is 63.6 Å². The fraction of sp³-hybridized carbons (Fsp3) is 0.111. The van der Waals surface area contributed by atoms with E-state index in [9.17, 15) is 14.7 Å². The third kappa shape index (κ3) is 2.61. The minimum Gasteiger partial charge on any atom is -0.505 e. The summed E-state index contributed by atoms with van der Waals surface area (Å²) < 4.78 is 4.42. The summed E-state index contributed by atoms with van der Waals surface area (Å²) in [6.07, 6.45) is 0.295. The number of halogens is 2. The summed E-state index contributed by atoms with van der Waals surface area (Å²) in [5.41, 5.74) is 0.241. The molecule has 0 aliphatic heterocycles. The lowest BCUT2D eigenvalue weighted by Crippen LogP contribution is -2.04. The highest BCUT2D eigenvalue weighted by molar-refractivity contribution is 6.37. The first kappa shape index (κ1) is 11.8. The Labute approximate surface area is 95.4 Å². The van der Waals surface area contributed by atoms with Gasteiger partial charge in [-0.1, -0.05) is 23.2 Å². The Bertz CT molecular complexity index is 369. The molecule has 15 heavy (non-hydrogen) atoms. The average molecular weight is 248 g/mol. The van der Waals surface area contributed by atoms with Crippen molar-refractivity contribution >= 4 is 36.0 Å². The van der Waals surface area contributed by atoms with Gasteiger partial charge in [0.25, 0.3) is 6.47 Å². The summed E-state index contributed by atoms with van der Waals surface area (Å²) >= 11 is 11.2. The van der Waals surface area contributed by atoms with Gasteiger partial charge in [0.15, 0.2) is 11.9 Å². The molecule has 0 saturated heterocycles. The van der Waals surface area contributed by atoms with Crippen LogP contribution in [0.4, 0.5) is 0 Å². The molecule has 1 radical (unpaired) electrons. The molecule has 1 aromatic carbocycles. The highest BCUT2D eigenvalue weighted by atomic mass is 35.5. The van der Waals surface area contributed by atoms with Gasteiger partial charge in [-0.25, -0.2) is 0 Å². The van der Waals surface area contributed by atoms with Crippen molar-refractivity contribution in [2.24, 2.45) is 0 Å². The summed E-state index contributed by atoms with van der Waals surface area (Å²) in [4.78, 5) is 20.5. The molecular weight excluding hydrogens is 243 g/mol. The third-order valence-electron chi connectivity index (χ3n) is 1.64. The number of hydrogen-bond acceptors (Lipinski definition) is 4. The Morgan fingerprint density at radius 1 is 1.40 bits per heavy atom. The second-order valence-corrected chi connectivity index (χ2v) is 3.38. The number of aromatic hydroxyl groups is 1. The van der Waals surface area contributed by atoms with Crippen LogP contribution in [0.15, 0.2) is 12.1 Å².